The second kappa shape index (κ2) is 9.75. The number of carbonyl (C=O) groups excluding carboxylic acids is 2. The topological polar surface area (TPSA) is 72.6 Å². The standard InChI is InChI=1S/C26H33N5O3/c1-26(2,3)34-25(33)29-15-12-21(13-16-29)30-14-8-11-23(30)24(32)28(4)18-20-17-27-31(19-20)22-9-6-5-7-10-22/h5-11,14,17,19,21H,12-13,15-16,18H2,1-4H3. The van der Waals surface area contributed by atoms with Crippen LogP contribution in [0.4, 0.5) is 4.79 Å². The van der Waals surface area contributed by atoms with Gasteiger partial charge < -0.3 is 19.1 Å². The van der Waals surface area contributed by atoms with E-state index in [0.29, 0.717) is 25.3 Å². The summed E-state index contributed by atoms with van der Waals surface area (Å²) >= 11 is 0. The van der Waals surface area contributed by atoms with Gasteiger partial charge in [0.05, 0.1) is 11.9 Å². The van der Waals surface area contributed by atoms with Crippen molar-refractivity contribution in [1.29, 1.82) is 0 Å². The lowest BCUT2D eigenvalue weighted by Crippen LogP contribution is -2.42. The molecule has 3 heterocycles. The van der Waals surface area contributed by atoms with Gasteiger partial charge in [-0.2, -0.15) is 5.10 Å². The highest BCUT2D eigenvalue weighted by atomic mass is 16.6. The third-order valence-electron chi connectivity index (χ3n) is 5.93. The van der Waals surface area contributed by atoms with Crippen LogP contribution in [0.1, 0.15) is 55.7 Å². The first kappa shape index (κ1) is 23.6. The van der Waals surface area contributed by atoms with Crippen LogP contribution < -0.4 is 0 Å². The third kappa shape index (κ3) is 5.50. The highest BCUT2D eigenvalue weighted by Crippen LogP contribution is 2.26. The van der Waals surface area contributed by atoms with Crippen molar-refractivity contribution in [2.24, 2.45) is 0 Å². The summed E-state index contributed by atoms with van der Waals surface area (Å²) in [5.74, 6) is -0.0352. The molecule has 0 unspecified atom stereocenters. The minimum atomic E-state index is -0.504. The van der Waals surface area contributed by atoms with Crippen LogP contribution in [0.5, 0.6) is 0 Å². The fourth-order valence-electron chi connectivity index (χ4n) is 4.25. The summed E-state index contributed by atoms with van der Waals surface area (Å²) in [5, 5.41) is 4.43. The molecule has 2 aromatic heterocycles. The molecule has 34 heavy (non-hydrogen) atoms. The summed E-state index contributed by atoms with van der Waals surface area (Å²) in [6.07, 6.45) is 6.99. The molecule has 0 atom stereocenters. The summed E-state index contributed by atoms with van der Waals surface area (Å²) in [7, 11) is 1.81. The molecule has 8 heteroatoms. The van der Waals surface area contributed by atoms with Crippen molar-refractivity contribution in [2.75, 3.05) is 20.1 Å². The molecule has 0 bridgehead atoms. The highest BCUT2D eigenvalue weighted by molar-refractivity contribution is 5.92. The van der Waals surface area contributed by atoms with Gasteiger partial charge in [-0.3, -0.25) is 4.79 Å². The van der Waals surface area contributed by atoms with Crippen LogP contribution >= 0.6 is 0 Å². The van der Waals surface area contributed by atoms with E-state index < -0.39 is 5.60 Å². The molecule has 0 aliphatic carbocycles. The van der Waals surface area contributed by atoms with Crippen molar-refractivity contribution in [3.8, 4) is 5.69 Å². The van der Waals surface area contributed by atoms with Crippen LogP contribution in [0.3, 0.4) is 0 Å². The zero-order valence-electron chi connectivity index (χ0n) is 20.3. The molecule has 1 aliphatic rings. The lowest BCUT2D eigenvalue weighted by molar-refractivity contribution is 0.0186. The molecule has 4 rings (SSSR count). The lowest BCUT2D eigenvalue weighted by Gasteiger charge is -2.34. The Morgan fingerprint density at radius 2 is 1.79 bits per heavy atom. The molecule has 1 saturated heterocycles. The van der Waals surface area contributed by atoms with E-state index in [0.717, 1.165) is 24.1 Å². The molecule has 1 aliphatic heterocycles. The Bertz CT molecular complexity index is 1120. The van der Waals surface area contributed by atoms with Gasteiger partial charge in [0.1, 0.15) is 11.3 Å². The van der Waals surface area contributed by atoms with Crippen LogP contribution in [0, 0.1) is 0 Å². The first-order valence-electron chi connectivity index (χ1n) is 11.7. The molecule has 0 spiro atoms. The number of para-hydroxylation sites is 1. The first-order valence-corrected chi connectivity index (χ1v) is 11.7. The number of aromatic nitrogens is 3. The number of likely N-dealkylation sites (tertiary alicyclic amines) is 1. The molecule has 1 aromatic carbocycles. The van der Waals surface area contributed by atoms with Crippen molar-refractivity contribution in [3.63, 3.8) is 0 Å². The summed E-state index contributed by atoms with van der Waals surface area (Å²) in [6, 6.07) is 13.8. The van der Waals surface area contributed by atoms with Crippen LogP contribution in [0.25, 0.3) is 5.69 Å². The maximum Gasteiger partial charge on any atom is 0.410 e. The number of nitrogens with zero attached hydrogens (tertiary/aromatic N) is 5. The minimum Gasteiger partial charge on any atom is -0.444 e. The van der Waals surface area contributed by atoms with Crippen molar-refractivity contribution >= 4 is 12.0 Å². The summed E-state index contributed by atoms with van der Waals surface area (Å²) in [4.78, 5) is 29.1. The second-order valence-electron chi connectivity index (χ2n) is 9.79. The van der Waals surface area contributed by atoms with Crippen molar-refractivity contribution in [3.05, 3.63) is 72.3 Å². The maximum atomic E-state index is 13.3. The van der Waals surface area contributed by atoms with E-state index in [2.05, 4.69) is 9.67 Å². The Hall–Kier alpha value is -3.55. The van der Waals surface area contributed by atoms with Gasteiger partial charge in [-0.15, -0.1) is 0 Å². The molecule has 8 nitrogen and oxygen atoms in total. The largest absolute Gasteiger partial charge is 0.444 e. The van der Waals surface area contributed by atoms with Gasteiger partial charge in [0.25, 0.3) is 5.91 Å². The SMILES string of the molecule is CN(Cc1cnn(-c2ccccc2)c1)C(=O)c1cccn1C1CCN(C(=O)OC(C)(C)C)CC1. The van der Waals surface area contributed by atoms with E-state index in [4.69, 9.17) is 4.74 Å². The Morgan fingerprint density at radius 1 is 1.09 bits per heavy atom. The molecule has 180 valence electrons. The number of ether oxygens (including phenoxy) is 1. The molecule has 0 N–H and O–H groups in total. The maximum absolute atomic E-state index is 13.3. The molecule has 3 aromatic rings. The summed E-state index contributed by atoms with van der Waals surface area (Å²) < 4.78 is 9.36. The lowest BCUT2D eigenvalue weighted by atomic mass is 10.0. The highest BCUT2D eigenvalue weighted by Gasteiger charge is 2.29. The van der Waals surface area contributed by atoms with Gasteiger partial charge >= 0.3 is 6.09 Å². The Morgan fingerprint density at radius 3 is 2.47 bits per heavy atom. The van der Waals surface area contributed by atoms with E-state index in [1.54, 1.807) is 16.0 Å². The minimum absolute atomic E-state index is 0.0352. The molecular weight excluding hydrogens is 430 g/mol. The van der Waals surface area contributed by atoms with Gasteiger partial charge in [0.2, 0.25) is 0 Å². The normalized spacial score (nSPS) is 14.8. The predicted molar refractivity (Wildman–Crippen MR) is 130 cm³/mol. The molecule has 1 fully saturated rings. The Labute approximate surface area is 200 Å². The monoisotopic (exact) mass is 463 g/mol. The molecular formula is C26H33N5O3. The van der Waals surface area contributed by atoms with Gasteiger partial charge in [0.15, 0.2) is 0 Å². The van der Waals surface area contributed by atoms with Crippen LogP contribution in [0.2, 0.25) is 0 Å². The Balaban J connectivity index is 1.37. The van der Waals surface area contributed by atoms with Crippen molar-refractivity contribution in [2.45, 2.75) is 51.8 Å². The zero-order chi connectivity index (χ0) is 24.3. The van der Waals surface area contributed by atoms with Crippen LogP contribution in [-0.2, 0) is 11.3 Å². The van der Waals surface area contributed by atoms with Crippen molar-refractivity contribution < 1.29 is 14.3 Å². The molecule has 0 saturated carbocycles. The summed E-state index contributed by atoms with van der Waals surface area (Å²) in [6.45, 7) is 7.31. The Kier molecular flexibility index (Phi) is 6.77. The van der Waals surface area contributed by atoms with Crippen molar-refractivity contribution in [1.82, 2.24) is 24.1 Å². The second-order valence-corrected chi connectivity index (χ2v) is 9.79. The van der Waals surface area contributed by atoms with Crippen LogP contribution in [0.15, 0.2) is 61.1 Å². The van der Waals surface area contributed by atoms with E-state index in [1.807, 2.05) is 87.4 Å². The quantitative estimate of drug-likeness (QED) is 0.558. The number of hydrogen-bond acceptors (Lipinski definition) is 4. The van der Waals surface area contributed by atoms with E-state index in [1.165, 1.54) is 0 Å². The predicted octanol–water partition coefficient (Wildman–Crippen LogP) is 4.52. The third-order valence-corrected chi connectivity index (χ3v) is 5.93. The smallest absolute Gasteiger partial charge is 0.410 e. The molecule has 2 amide bonds. The average Bonchev–Trinajstić information content (AvgIpc) is 3.48. The van der Waals surface area contributed by atoms with Gasteiger partial charge in [-0.1, -0.05) is 18.2 Å². The van der Waals surface area contributed by atoms with Crippen LogP contribution in [-0.4, -0.2) is 61.9 Å². The number of benzene rings is 1. The fourth-order valence-corrected chi connectivity index (χ4v) is 4.25. The van der Waals surface area contributed by atoms with E-state index in [-0.39, 0.29) is 18.0 Å². The fraction of sp³-hybridized carbons (Fsp3) is 0.423. The molecule has 0 radical (unpaired) electrons. The average molecular weight is 464 g/mol. The number of carbonyl (C=O) groups is 2. The van der Waals surface area contributed by atoms with Gasteiger partial charge in [0, 0.05) is 50.7 Å². The van der Waals surface area contributed by atoms with E-state index in [9.17, 15) is 9.59 Å². The van der Waals surface area contributed by atoms with E-state index >= 15 is 0 Å². The van der Waals surface area contributed by atoms with Gasteiger partial charge in [-0.25, -0.2) is 9.48 Å². The number of piperidine rings is 1. The summed E-state index contributed by atoms with van der Waals surface area (Å²) in [5.41, 5.74) is 2.10. The number of rotatable bonds is 5. The number of hydrogen-bond donors (Lipinski definition) is 0. The zero-order valence-corrected chi connectivity index (χ0v) is 20.3. The first-order chi connectivity index (χ1) is 16.2. The van der Waals surface area contributed by atoms with Gasteiger partial charge in [-0.05, 0) is 57.9 Å². The number of amides is 2.